The van der Waals surface area contributed by atoms with E-state index in [4.69, 9.17) is 5.10 Å². The number of para-hydroxylation sites is 1. The van der Waals surface area contributed by atoms with Gasteiger partial charge in [0, 0.05) is 31.2 Å². The number of rotatable bonds is 3. The van der Waals surface area contributed by atoms with E-state index in [0.29, 0.717) is 0 Å². The van der Waals surface area contributed by atoms with E-state index in [-0.39, 0.29) is 0 Å². The summed E-state index contributed by atoms with van der Waals surface area (Å²) < 4.78 is 2.12. The van der Waals surface area contributed by atoms with E-state index < -0.39 is 0 Å². The van der Waals surface area contributed by atoms with Crippen molar-refractivity contribution in [2.24, 2.45) is 0 Å². The Morgan fingerprint density at radius 3 is 2.85 bits per heavy atom. The molecule has 1 aliphatic heterocycles. The molecule has 4 heterocycles. The van der Waals surface area contributed by atoms with Crippen LogP contribution in [0, 0.1) is 13.8 Å². The van der Waals surface area contributed by atoms with Gasteiger partial charge >= 0.3 is 0 Å². The van der Waals surface area contributed by atoms with Gasteiger partial charge in [0.2, 0.25) is 0 Å². The molecule has 1 aromatic carbocycles. The summed E-state index contributed by atoms with van der Waals surface area (Å²) in [6, 6.07) is 12.6. The van der Waals surface area contributed by atoms with Gasteiger partial charge in [0.15, 0.2) is 0 Å². The fourth-order valence-electron chi connectivity index (χ4n) is 3.90. The number of hydrogen-bond acceptors (Lipinski definition) is 4. The maximum atomic E-state index is 4.78. The van der Waals surface area contributed by atoms with Crippen LogP contribution >= 0.6 is 0 Å². The molecule has 5 rings (SSSR count). The molecule has 6 heteroatoms. The van der Waals surface area contributed by atoms with Crippen LogP contribution in [0.15, 0.2) is 42.6 Å². The lowest BCUT2D eigenvalue weighted by Crippen LogP contribution is -2.33. The van der Waals surface area contributed by atoms with E-state index in [1.165, 1.54) is 22.3 Å². The Hall–Kier alpha value is -2.99. The van der Waals surface area contributed by atoms with Gasteiger partial charge in [-0.15, -0.1) is 0 Å². The van der Waals surface area contributed by atoms with Crippen LogP contribution in [-0.4, -0.2) is 36.4 Å². The molecular weight excluding hydrogens is 336 g/mol. The molecule has 27 heavy (non-hydrogen) atoms. The molecule has 0 spiro atoms. The van der Waals surface area contributed by atoms with Crippen molar-refractivity contribution in [2.45, 2.75) is 33.5 Å². The molecule has 0 unspecified atom stereocenters. The molecule has 0 fully saturated rings. The molecule has 0 saturated carbocycles. The average molecular weight is 358 g/mol. The van der Waals surface area contributed by atoms with Crippen LogP contribution in [0.1, 0.15) is 22.5 Å². The van der Waals surface area contributed by atoms with Crippen molar-refractivity contribution in [2.75, 3.05) is 6.54 Å². The maximum Gasteiger partial charge on any atom is 0.111 e. The van der Waals surface area contributed by atoms with E-state index in [1.54, 1.807) is 0 Å². The molecule has 0 amide bonds. The van der Waals surface area contributed by atoms with Crippen molar-refractivity contribution >= 4 is 10.9 Å². The van der Waals surface area contributed by atoms with Crippen molar-refractivity contribution < 1.29 is 0 Å². The number of H-pyrrole nitrogens is 1. The van der Waals surface area contributed by atoms with E-state index >= 15 is 0 Å². The normalized spacial score (nSPS) is 14.6. The molecule has 0 bridgehead atoms. The minimum absolute atomic E-state index is 0.864. The predicted molar refractivity (Wildman–Crippen MR) is 105 cm³/mol. The van der Waals surface area contributed by atoms with E-state index in [2.05, 4.69) is 68.9 Å². The predicted octanol–water partition coefficient (Wildman–Crippen LogP) is 3.45. The highest BCUT2D eigenvalue weighted by molar-refractivity contribution is 5.84. The minimum atomic E-state index is 0.864. The van der Waals surface area contributed by atoms with Crippen molar-refractivity contribution in [1.29, 1.82) is 0 Å². The third-order valence-electron chi connectivity index (χ3n) is 5.38. The summed E-state index contributed by atoms with van der Waals surface area (Å²) in [5.41, 5.74) is 7.80. The smallest absolute Gasteiger partial charge is 0.111 e. The molecule has 136 valence electrons. The third-order valence-corrected chi connectivity index (χ3v) is 5.38. The quantitative estimate of drug-likeness (QED) is 0.609. The lowest BCUT2D eigenvalue weighted by molar-refractivity contribution is 0.203. The molecule has 1 N–H and O–H groups in total. The summed E-state index contributed by atoms with van der Waals surface area (Å²) in [6.45, 7) is 7.80. The van der Waals surface area contributed by atoms with Crippen molar-refractivity contribution in [3.05, 3.63) is 65.1 Å². The Bertz CT molecular complexity index is 1120. The second kappa shape index (κ2) is 6.32. The SMILES string of the molecule is Cc1cccnc1-c1cc2n(n1)CCN(Cc1[nH]nc3c(C)cccc13)C2. The molecule has 1 aliphatic rings. The number of fused-ring (bicyclic) bond motifs is 2. The number of aryl methyl sites for hydroxylation is 2. The first-order valence-electron chi connectivity index (χ1n) is 9.32. The fourth-order valence-corrected chi connectivity index (χ4v) is 3.90. The number of pyridine rings is 1. The summed E-state index contributed by atoms with van der Waals surface area (Å²) in [4.78, 5) is 6.96. The monoisotopic (exact) mass is 358 g/mol. The standard InChI is InChI=1S/C21H22N6/c1-14-5-3-7-17-19(23-24-20(14)17)13-26-9-10-27-16(12-26)11-18(25-27)21-15(2)6-4-8-22-21/h3-8,11H,9-10,12-13H2,1-2H3,(H,23,24). The summed E-state index contributed by atoms with van der Waals surface area (Å²) in [5.74, 6) is 0. The van der Waals surface area contributed by atoms with Gasteiger partial charge in [0.1, 0.15) is 5.69 Å². The number of aromatic nitrogens is 5. The first-order valence-corrected chi connectivity index (χ1v) is 9.32. The lowest BCUT2D eigenvalue weighted by Gasteiger charge is -2.27. The van der Waals surface area contributed by atoms with Gasteiger partial charge in [-0.05, 0) is 37.1 Å². The number of hydrogen-bond donors (Lipinski definition) is 1. The van der Waals surface area contributed by atoms with Gasteiger partial charge < -0.3 is 0 Å². The van der Waals surface area contributed by atoms with Crippen LogP contribution in [0.25, 0.3) is 22.3 Å². The largest absolute Gasteiger partial charge is 0.290 e. The van der Waals surface area contributed by atoms with E-state index in [1.807, 2.05) is 12.3 Å². The van der Waals surface area contributed by atoms with Gasteiger partial charge in [0.05, 0.1) is 29.1 Å². The fraction of sp³-hybridized carbons (Fsp3) is 0.286. The number of benzene rings is 1. The van der Waals surface area contributed by atoms with Gasteiger partial charge in [-0.1, -0.05) is 24.3 Å². The number of aromatic amines is 1. The Kier molecular flexibility index (Phi) is 3.79. The Morgan fingerprint density at radius 2 is 1.96 bits per heavy atom. The molecule has 4 aromatic rings. The van der Waals surface area contributed by atoms with Crippen LogP contribution in [0.4, 0.5) is 0 Å². The van der Waals surface area contributed by atoms with Crippen molar-refractivity contribution in [3.8, 4) is 11.4 Å². The van der Waals surface area contributed by atoms with Crippen molar-refractivity contribution in [1.82, 2.24) is 29.9 Å². The van der Waals surface area contributed by atoms with Crippen LogP contribution < -0.4 is 0 Å². The van der Waals surface area contributed by atoms with Gasteiger partial charge in [-0.3, -0.25) is 19.7 Å². The second-order valence-corrected chi connectivity index (χ2v) is 7.30. The molecule has 3 aromatic heterocycles. The van der Waals surface area contributed by atoms with Crippen LogP contribution in [0.5, 0.6) is 0 Å². The zero-order valence-electron chi connectivity index (χ0n) is 15.6. The molecule has 0 radical (unpaired) electrons. The topological polar surface area (TPSA) is 62.6 Å². The summed E-state index contributed by atoms with van der Waals surface area (Å²) in [6.07, 6.45) is 1.83. The summed E-state index contributed by atoms with van der Waals surface area (Å²) >= 11 is 0. The zero-order chi connectivity index (χ0) is 18.4. The zero-order valence-corrected chi connectivity index (χ0v) is 15.6. The molecular formula is C21H22N6. The van der Waals surface area contributed by atoms with Gasteiger partial charge in [0.25, 0.3) is 0 Å². The molecule has 6 nitrogen and oxygen atoms in total. The van der Waals surface area contributed by atoms with Crippen molar-refractivity contribution in [3.63, 3.8) is 0 Å². The number of nitrogens with zero attached hydrogens (tertiary/aromatic N) is 5. The maximum absolute atomic E-state index is 4.78. The van der Waals surface area contributed by atoms with Gasteiger partial charge in [-0.2, -0.15) is 10.2 Å². The third kappa shape index (κ3) is 2.82. The van der Waals surface area contributed by atoms with Gasteiger partial charge in [-0.25, -0.2) is 0 Å². The Balaban J connectivity index is 1.40. The molecule has 0 saturated heterocycles. The van der Waals surface area contributed by atoms with E-state index in [9.17, 15) is 0 Å². The second-order valence-electron chi connectivity index (χ2n) is 7.30. The first kappa shape index (κ1) is 16.2. The van der Waals surface area contributed by atoms with Crippen LogP contribution in [0.2, 0.25) is 0 Å². The highest BCUT2D eigenvalue weighted by Gasteiger charge is 2.21. The molecule has 0 atom stereocenters. The lowest BCUT2D eigenvalue weighted by atomic mass is 10.1. The Labute approximate surface area is 157 Å². The summed E-state index contributed by atoms with van der Waals surface area (Å²) in [5, 5.41) is 13.7. The van der Waals surface area contributed by atoms with Crippen LogP contribution in [0.3, 0.4) is 0 Å². The van der Waals surface area contributed by atoms with E-state index in [0.717, 1.165) is 48.6 Å². The first-order chi connectivity index (χ1) is 13.2. The minimum Gasteiger partial charge on any atom is -0.290 e. The Morgan fingerprint density at radius 1 is 1.07 bits per heavy atom. The highest BCUT2D eigenvalue weighted by atomic mass is 15.3. The number of nitrogens with one attached hydrogen (secondary N) is 1. The highest BCUT2D eigenvalue weighted by Crippen LogP contribution is 2.25. The van der Waals surface area contributed by atoms with Crippen LogP contribution in [-0.2, 0) is 19.6 Å². The summed E-state index contributed by atoms with van der Waals surface area (Å²) in [7, 11) is 0. The average Bonchev–Trinajstić information content (AvgIpc) is 3.27. The molecule has 0 aliphatic carbocycles.